The van der Waals surface area contributed by atoms with Crippen LogP contribution in [0.4, 0.5) is 5.82 Å². The predicted octanol–water partition coefficient (Wildman–Crippen LogP) is 2.22. The van der Waals surface area contributed by atoms with Crippen LogP contribution in [0.2, 0.25) is 0 Å². The second-order valence-corrected chi connectivity index (χ2v) is 6.72. The maximum absolute atomic E-state index is 5.68. The molecule has 0 bridgehead atoms. The van der Waals surface area contributed by atoms with E-state index >= 15 is 0 Å². The van der Waals surface area contributed by atoms with Crippen LogP contribution in [0.25, 0.3) is 0 Å². The van der Waals surface area contributed by atoms with Crippen LogP contribution in [0.5, 0.6) is 0 Å². The van der Waals surface area contributed by atoms with E-state index in [1.165, 1.54) is 0 Å². The van der Waals surface area contributed by atoms with E-state index in [9.17, 15) is 0 Å². The minimum atomic E-state index is 0. The lowest BCUT2D eigenvalue weighted by atomic mass is 10.1. The Bertz CT molecular complexity index is 571. The molecule has 1 aliphatic heterocycles. The minimum Gasteiger partial charge on any atom is -0.382 e. The van der Waals surface area contributed by atoms with Crippen LogP contribution >= 0.6 is 24.0 Å². The molecule has 1 N–H and O–H groups in total. The summed E-state index contributed by atoms with van der Waals surface area (Å²) in [6.45, 7) is 7.62. The van der Waals surface area contributed by atoms with Crippen molar-refractivity contribution in [3.05, 3.63) is 23.9 Å². The summed E-state index contributed by atoms with van der Waals surface area (Å²) < 4.78 is 10.7. The number of anilines is 1. The zero-order chi connectivity index (χ0) is 18.8. The van der Waals surface area contributed by atoms with Crippen molar-refractivity contribution in [3.63, 3.8) is 0 Å². The van der Waals surface area contributed by atoms with E-state index in [0.717, 1.165) is 50.1 Å². The van der Waals surface area contributed by atoms with Crippen molar-refractivity contribution in [1.82, 2.24) is 15.2 Å². The molecule has 1 aliphatic rings. The van der Waals surface area contributed by atoms with Crippen LogP contribution in [-0.2, 0) is 16.0 Å². The summed E-state index contributed by atoms with van der Waals surface area (Å²) in [5.74, 6) is 2.46. The Labute approximate surface area is 180 Å². The Morgan fingerprint density at radius 1 is 1.37 bits per heavy atom. The van der Waals surface area contributed by atoms with E-state index in [4.69, 9.17) is 14.5 Å². The lowest BCUT2D eigenvalue weighted by molar-refractivity contribution is 0.0536. The third kappa shape index (κ3) is 8.18. The monoisotopic (exact) mass is 491 g/mol. The zero-order valence-corrected chi connectivity index (χ0v) is 19.3. The van der Waals surface area contributed by atoms with E-state index in [1.54, 1.807) is 7.11 Å². The highest BCUT2D eigenvalue weighted by Crippen LogP contribution is 2.17. The Hall–Kier alpha value is -1.13. The lowest BCUT2D eigenvalue weighted by Crippen LogP contribution is -2.40. The molecule has 1 aromatic rings. The predicted molar refractivity (Wildman–Crippen MR) is 121 cm³/mol. The summed E-state index contributed by atoms with van der Waals surface area (Å²) >= 11 is 0. The summed E-state index contributed by atoms with van der Waals surface area (Å²) in [6, 6.07) is 6.06. The molecule has 1 aromatic heterocycles. The third-order valence-corrected chi connectivity index (χ3v) is 4.35. The van der Waals surface area contributed by atoms with Crippen LogP contribution in [0, 0.1) is 5.92 Å². The van der Waals surface area contributed by atoms with Gasteiger partial charge in [0.2, 0.25) is 0 Å². The summed E-state index contributed by atoms with van der Waals surface area (Å²) in [7, 11) is 5.69. The first-order valence-corrected chi connectivity index (χ1v) is 9.37. The number of nitrogens with zero attached hydrogens (tertiary/aromatic N) is 4. The van der Waals surface area contributed by atoms with E-state index in [-0.39, 0.29) is 24.0 Å². The third-order valence-electron chi connectivity index (χ3n) is 4.35. The normalized spacial score (nSPS) is 17.0. The topological polar surface area (TPSA) is 62.2 Å². The summed E-state index contributed by atoms with van der Waals surface area (Å²) in [5.41, 5.74) is 0.977. The smallest absolute Gasteiger partial charge is 0.194 e. The van der Waals surface area contributed by atoms with Gasteiger partial charge in [-0.05, 0) is 25.5 Å². The fourth-order valence-electron chi connectivity index (χ4n) is 2.94. The molecule has 0 radical (unpaired) electrons. The summed E-state index contributed by atoms with van der Waals surface area (Å²) in [6.07, 6.45) is 1.13. The number of likely N-dealkylation sites (tertiary alicyclic amines) is 1. The van der Waals surface area contributed by atoms with Gasteiger partial charge in [0, 0.05) is 46.8 Å². The van der Waals surface area contributed by atoms with Gasteiger partial charge in [0.25, 0.3) is 0 Å². The molecule has 0 aromatic carbocycles. The van der Waals surface area contributed by atoms with Crippen molar-refractivity contribution in [3.8, 4) is 0 Å². The number of hydrogen-bond acceptors (Lipinski definition) is 5. The maximum Gasteiger partial charge on any atom is 0.194 e. The molecule has 8 heteroatoms. The van der Waals surface area contributed by atoms with Gasteiger partial charge in [-0.1, -0.05) is 6.07 Å². The first kappa shape index (κ1) is 23.9. The number of guanidine groups is 1. The first-order valence-electron chi connectivity index (χ1n) is 9.37. The molecule has 1 fully saturated rings. The van der Waals surface area contributed by atoms with Gasteiger partial charge < -0.3 is 24.6 Å². The number of aromatic nitrogens is 1. The van der Waals surface area contributed by atoms with E-state index in [1.807, 2.05) is 37.2 Å². The first-order chi connectivity index (χ1) is 12.6. The largest absolute Gasteiger partial charge is 0.382 e. The molecule has 7 nitrogen and oxygen atoms in total. The van der Waals surface area contributed by atoms with Gasteiger partial charge in [-0.3, -0.25) is 0 Å². The number of halogens is 1. The van der Waals surface area contributed by atoms with Gasteiger partial charge in [0.05, 0.1) is 32.1 Å². The fraction of sp³-hybridized carbons (Fsp3) is 0.684. The Morgan fingerprint density at radius 3 is 2.89 bits per heavy atom. The number of pyridine rings is 1. The lowest BCUT2D eigenvalue weighted by Gasteiger charge is -2.21. The highest BCUT2D eigenvalue weighted by atomic mass is 127. The van der Waals surface area contributed by atoms with E-state index in [0.29, 0.717) is 25.7 Å². The van der Waals surface area contributed by atoms with Crippen molar-refractivity contribution in [2.45, 2.75) is 19.9 Å². The highest BCUT2D eigenvalue weighted by molar-refractivity contribution is 14.0. The molecule has 0 spiro atoms. The minimum absolute atomic E-state index is 0. The van der Waals surface area contributed by atoms with E-state index < -0.39 is 0 Å². The molecule has 0 saturated carbocycles. The standard InChI is InChI=1S/C19H33N5O2.HI/c1-5-20-19(21-13-17-7-6-8-18(22-17)23(2)3)24-10-9-16(14-24)15-26-12-11-25-4;/h6-8,16H,5,9-15H2,1-4H3,(H,20,21);1H. The SMILES string of the molecule is CCNC(=NCc1cccc(N(C)C)n1)N1CCC(COCCOC)C1.I. The average molecular weight is 491 g/mol. The molecular weight excluding hydrogens is 457 g/mol. The Kier molecular flexibility index (Phi) is 11.6. The molecule has 0 amide bonds. The van der Waals surface area contributed by atoms with Gasteiger partial charge in [-0.25, -0.2) is 9.98 Å². The maximum atomic E-state index is 5.68. The molecule has 1 atom stereocenters. The highest BCUT2D eigenvalue weighted by Gasteiger charge is 2.24. The van der Waals surface area contributed by atoms with Crippen LogP contribution in [0.3, 0.4) is 0 Å². The average Bonchev–Trinajstić information content (AvgIpc) is 3.11. The van der Waals surface area contributed by atoms with Gasteiger partial charge in [-0.2, -0.15) is 0 Å². The fourth-order valence-corrected chi connectivity index (χ4v) is 2.94. The molecule has 154 valence electrons. The van der Waals surface area contributed by atoms with Crippen LogP contribution in [0.15, 0.2) is 23.2 Å². The van der Waals surface area contributed by atoms with Gasteiger partial charge in [-0.15, -0.1) is 24.0 Å². The van der Waals surface area contributed by atoms with Crippen molar-refractivity contribution in [1.29, 1.82) is 0 Å². The molecule has 1 saturated heterocycles. The second-order valence-electron chi connectivity index (χ2n) is 6.72. The van der Waals surface area contributed by atoms with Gasteiger partial charge >= 0.3 is 0 Å². The molecule has 27 heavy (non-hydrogen) atoms. The number of hydrogen-bond donors (Lipinski definition) is 1. The quantitative estimate of drug-likeness (QED) is 0.248. The second kappa shape index (κ2) is 13.1. The molecule has 1 unspecified atom stereocenters. The summed E-state index contributed by atoms with van der Waals surface area (Å²) in [4.78, 5) is 13.8. The van der Waals surface area contributed by atoms with Crippen LogP contribution in [-0.4, -0.2) is 76.5 Å². The number of ether oxygens (including phenoxy) is 2. The Morgan fingerprint density at radius 2 is 2.19 bits per heavy atom. The van der Waals surface area contributed by atoms with Crippen molar-refractivity contribution >= 4 is 35.8 Å². The van der Waals surface area contributed by atoms with Crippen molar-refractivity contribution in [2.75, 3.05) is 65.6 Å². The van der Waals surface area contributed by atoms with Crippen molar-refractivity contribution < 1.29 is 9.47 Å². The number of nitrogens with one attached hydrogen (secondary N) is 1. The van der Waals surface area contributed by atoms with Gasteiger partial charge in [0.15, 0.2) is 5.96 Å². The number of aliphatic imine (C=N–C) groups is 1. The molecule has 2 heterocycles. The zero-order valence-electron chi connectivity index (χ0n) is 17.0. The number of methoxy groups -OCH3 is 1. The Balaban J connectivity index is 0.00000364. The van der Waals surface area contributed by atoms with Crippen LogP contribution < -0.4 is 10.2 Å². The molecule has 0 aliphatic carbocycles. The molecule has 2 rings (SSSR count). The van der Waals surface area contributed by atoms with Gasteiger partial charge in [0.1, 0.15) is 5.82 Å². The molecular formula is C19H34IN5O2. The van der Waals surface area contributed by atoms with E-state index in [2.05, 4.69) is 22.1 Å². The summed E-state index contributed by atoms with van der Waals surface area (Å²) in [5, 5.41) is 3.41. The number of rotatable bonds is 9. The van der Waals surface area contributed by atoms with Crippen molar-refractivity contribution in [2.24, 2.45) is 10.9 Å². The van der Waals surface area contributed by atoms with Crippen LogP contribution in [0.1, 0.15) is 19.0 Å².